The molecule has 0 spiro atoms. The molecule has 0 amide bonds. The summed E-state index contributed by atoms with van der Waals surface area (Å²) < 4.78 is 10.6. The Bertz CT molecular complexity index is 312. The first-order valence-electron chi connectivity index (χ1n) is 2.95. The van der Waals surface area contributed by atoms with Crippen molar-refractivity contribution >= 4 is 32.5 Å². The Hall–Kier alpha value is -0.0500. The van der Waals surface area contributed by atoms with E-state index < -0.39 is 5.19 Å². The number of fused-ring (bicyclic) bond motifs is 1. The number of hydrogen-bond acceptors (Lipinski definition) is 3. The van der Waals surface area contributed by atoms with Gasteiger partial charge in [0.15, 0.2) is 11.5 Å². The van der Waals surface area contributed by atoms with E-state index in [0.717, 1.165) is 11.5 Å². The van der Waals surface area contributed by atoms with E-state index in [-0.39, 0.29) is 0 Å². The van der Waals surface area contributed by atoms with E-state index in [4.69, 9.17) is 20.9 Å². The average Bonchev–Trinajstić information content (AvgIpc) is 2.21. The zero-order chi connectivity index (χ0) is 7.90. The lowest BCUT2D eigenvalue weighted by Gasteiger charge is -2.02. The molecule has 1 aromatic rings. The Morgan fingerprint density at radius 2 is 1.64 bits per heavy atom. The van der Waals surface area contributed by atoms with Crippen LogP contribution >= 0.6 is 20.7 Å². The first kappa shape index (κ1) is 7.59. The summed E-state index contributed by atoms with van der Waals surface area (Å²) in [5.74, 6) is 1.46. The summed E-state index contributed by atoms with van der Waals surface area (Å²) in [6.45, 7) is 0. The maximum absolute atomic E-state index is 5.31. The molecule has 1 heterocycles. The molecule has 11 heavy (non-hydrogen) atoms. The van der Waals surface area contributed by atoms with E-state index in [9.17, 15) is 0 Å². The second kappa shape index (κ2) is 2.47. The summed E-state index contributed by atoms with van der Waals surface area (Å²) >= 11 is 8.20. The van der Waals surface area contributed by atoms with Crippen molar-refractivity contribution in [1.29, 1.82) is 0 Å². The molecular weight excluding hydrogens is 247 g/mol. The van der Waals surface area contributed by atoms with Crippen molar-refractivity contribution in [1.82, 2.24) is 0 Å². The fourth-order valence-corrected chi connectivity index (χ4v) is 3.08. The largest absolute Gasteiger partial charge is 0.424 e. The molecule has 5 heteroatoms. The third-order valence-electron chi connectivity index (χ3n) is 1.26. The fourth-order valence-electron chi connectivity index (χ4n) is 0.855. The summed E-state index contributed by atoms with van der Waals surface area (Å²) in [6, 6.07) is 7.45. The smallest absolute Gasteiger partial charge is 0.356 e. The van der Waals surface area contributed by atoms with Crippen LogP contribution in [0.25, 0.3) is 0 Å². The van der Waals surface area contributed by atoms with Gasteiger partial charge < -0.3 is 9.05 Å². The number of para-hydroxylation sites is 2. The molecule has 0 saturated heterocycles. The van der Waals surface area contributed by atoms with Crippen molar-refractivity contribution in [2.24, 2.45) is 0 Å². The van der Waals surface area contributed by atoms with Crippen LogP contribution in [-0.2, 0) is 11.8 Å². The Morgan fingerprint density at radius 1 is 1.18 bits per heavy atom. The van der Waals surface area contributed by atoms with Gasteiger partial charge in [0.05, 0.1) is 0 Å². The molecule has 1 aliphatic rings. The van der Waals surface area contributed by atoms with E-state index in [1.165, 1.54) is 0 Å². The van der Waals surface area contributed by atoms with Crippen molar-refractivity contribution in [3.8, 4) is 11.5 Å². The minimum Gasteiger partial charge on any atom is -0.424 e. The summed E-state index contributed by atoms with van der Waals surface area (Å²) in [6.07, 6.45) is 0. The van der Waals surface area contributed by atoms with E-state index in [0.29, 0.717) is 0 Å². The highest BCUT2D eigenvalue weighted by Crippen LogP contribution is 2.63. The maximum Gasteiger partial charge on any atom is 0.356 e. The quantitative estimate of drug-likeness (QED) is 0.660. The minimum atomic E-state index is -2.18. The lowest BCUT2D eigenvalue weighted by Crippen LogP contribution is -1.79. The molecule has 1 aromatic carbocycles. The number of halogens is 1. The second-order valence-electron chi connectivity index (χ2n) is 2.06. The first-order chi connectivity index (χ1) is 5.17. The molecule has 0 radical (unpaired) electrons. The van der Waals surface area contributed by atoms with Gasteiger partial charge in [-0.05, 0) is 12.1 Å². The highest BCUT2D eigenvalue weighted by Gasteiger charge is 2.27. The molecule has 0 atom stereocenters. The summed E-state index contributed by atoms with van der Waals surface area (Å²) in [7, 11) is 0. The van der Waals surface area contributed by atoms with Crippen LogP contribution < -0.4 is 9.05 Å². The third-order valence-corrected chi connectivity index (χ3v) is 3.41. The molecule has 2 rings (SSSR count). The molecule has 0 aromatic heterocycles. The monoisotopic (exact) mass is 250 g/mol. The molecule has 1 aliphatic heterocycles. The molecule has 0 saturated carbocycles. The highest BCUT2D eigenvalue weighted by molar-refractivity contribution is 9.42. The number of benzene rings is 1. The predicted octanol–water partition coefficient (Wildman–Crippen LogP) is 3.08. The van der Waals surface area contributed by atoms with Crippen molar-refractivity contribution in [3.05, 3.63) is 24.3 Å². The maximum atomic E-state index is 5.31. The zero-order valence-electron chi connectivity index (χ0n) is 5.36. The summed E-state index contributed by atoms with van der Waals surface area (Å²) in [5.41, 5.74) is 0. The van der Waals surface area contributed by atoms with E-state index in [1.807, 2.05) is 24.3 Å². The standard InChI is InChI=1S/C6H4BrO2PS/c7-10(11)8-5-3-1-2-4-6(5)9-10/h1-4H. The lowest BCUT2D eigenvalue weighted by molar-refractivity contribution is 0.595. The van der Waals surface area contributed by atoms with E-state index >= 15 is 0 Å². The second-order valence-corrected chi connectivity index (χ2v) is 8.94. The molecule has 0 bridgehead atoms. The fraction of sp³-hybridized carbons (Fsp3) is 0. The van der Waals surface area contributed by atoms with Gasteiger partial charge in [-0.25, -0.2) is 0 Å². The molecular formula is C6H4BrO2PS. The molecule has 0 unspecified atom stereocenters. The van der Waals surface area contributed by atoms with Crippen LogP contribution in [0.2, 0.25) is 0 Å². The summed E-state index contributed by atoms with van der Waals surface area (Å²) in [4.78, 5) is 0. The van der Waals surface area contributed by atoms with Crippen LogP contribution in [0.5, 0.6) is 11.5 Å². The summed E-state index contributed by atoms with van der Waals surface area (Å²) in [5, 5.41) is -2.18. The van der Waals surface area contributed by atoms with Gasteiger partial charge in [0, 0.05) is 27.3 Å². The van der Waals surface area contributed by atoms with Gasteiger partial charge in [-0.1, -0.05) is 12.1 Å². The molecule has 2 nitrogen and oxygen atoms in total. The van der Waals surface area contributed by atoms with Crippen molar-refractivity contribution in [2.45, 2.75) is 0 Å². The zero-order valence-corrected chi connectivity index (χ0v) is 8.66. The minimum absolute atomic E-state index is 0.729. The van der Waals surface area contributed by atoms with Crippen molar-refractivity contribution < 1.29 is 9.05 Å². The lowest BCUT2D eigenvalue weighted by atomic mass is 10.3. The SMILES string of the molecule is S=P1(Br)Oc2ccccc2O1. The van der Waals surface area contributed by atoms with E-state index in [2.05, 4.69) is 15.5 Å². The van der Waals surface area contributed by atoms with Gasteiger partial charge >= 0.3 is 5.19 Å². The average molecular weight is 251 g/mol. The van der Waals surface area contributed by atoms with Gasteiger partial charge in [-0.2, -0.15) is 0 Å². The number of rotatable bonds is 0. The van der Waals surface area contributed by atoms with Crippen LogP contribution in [-0.4, -0.2) is 0 Å². The van der Waals surface area contributed by atoms with Crippen LogP contribution in [0.15, 0.2) is 24.3 Å². The van der Waals surface area contributed by atoms with Crippen LogP contribution in [0.1, 0.15) is 0 Å². The molecule has 58 valence electrons. The molecule has 0 aliphatic carbocycles. The predicted molar refractivity (Wildman–Crippen MR) is 50.9 cm³/mol. The first-order valence-corrected chi connectivity index (χ1v) is 7.61. The Kier molecular flexibility index (Phi) is 1.71. The number of hydrogen-bond donors (Lipinski definition) is 0. The topological polar surface area (TPSA) is 18.5 Å². The van der Waals surface area contributed by atoms with Crippen LogP contribution in [0, 0.1) is 0 Å². The van der Waals surface area contributed by atoms with E-state index in [1.54, 1.807) is 0 Å². The molecule has 0 fully saturated rings. The van der Waals surface area contributed by atoms with Crippen molar-refractivity contribution in [2.75, 3.05) is 0 Å². The van der Waals surface area contributed by atoms with Gasteiger partial charge in [0.1, 0.15) is 0 Å². The van der Waals surface area contributed by atoms with Crippen molar-refractivity contribution in [3.63, 3.8) is 0 Å². The normalized spacial score (nSPS) is 18.3. The van der Waals surface area contributed by atoms with Crippen LogP contribution in [0.4, 0.5) is 0 Å². The van der Waals surface area contributed by atoms with Gasteiger partial charge in [0.25, 0.3) is 0 Å². The van der Waals surface area contributed by atoms with Gasteiger partial charge in [0.2, 0.25) is 0 Å². The highest BCUT2D eigenvalue weighted by atomic mass is 79.9. The van der Waals surface area contributed by atoms with Gasteiger partial charge in [-0.3, -0.25) is 0 Å². The Morgan fingerprint density at radius 3 is 2.09 bits per heavy atom. The third kappa shape index (κ3) is 1.43. The Labute approximate surface area is 77.4 Å². The van der Waals surface area contributed by atoms with Gasteiger partial charge in [-0.15, -0.1) is 0 Å². The molecule has 0 N–H and O–H groups in total. The van der Waals surface area contributed by atoms with Crippen LogP contribution in [0.3, 0.4) is 0 Å². The Balaban J connectivity index is 2.49.